The molecule has 0 bridgehead atoms. The molecule has 0 saturated carbocycles. The topological polar surface area (TPSA) is 26.0 Å². The van der Waals surface area contributed by atoms with Crippen molar-refractivity contribution in [1.82, 2.24) is 0 Å². The fourth-order valence-electron chi connectivity index (χ4n) is 1.47. The van der Waals surface area contributed by atoms with E-state index in [1.165, 1.54) is 13.8 Å². The molecule has 1 unspecified atom stereocenters. The van der Waals surface area contributed by atoms with Crippen molar-refractivity contribution in [1.29, 1.82) is 0 Å². The summed E-state index contributed by atoms with van der Waals surface area (Å²) in [7, 11) is 0. The lowest BCUT2D eigenvalue weighted by atomic mass is 9.78. The normalized spacial score (nSPS) is 14.9. The predicted octanol–water partition coefficient (Wildman–Crippen LogP) is 3.62. The monoisotopic (exact) mass is 295 g/mol. The number of halogens is 4. The zero-order valence-corrected chi connectivity index (χ0v) is 10.6. The molecule has 1 atom stereocenters. The van der Waals surface area contributed by atoms with Gasteiger partial charge in [0, 0.05) is 9.89 Å². The first-order valence-corrected chi connectivity index (χ1v) is 5.53. The third-order valence-electron chi connectivity index (χ3n) is 2.72. The van der Waals surface area contributed by atoms with Crippen LogP contribution in [0.25, 0.3) is 0 Å². The summed E-state index contributed by atoms with van der Waals surface area (Å²) in [4.78, 5) is 0. The van der Waals surface area contributed by atoms with Crippen molar-refractivity contribution in [3.63, 3.8) is 0 Å². The summed E-state index contributed by atoms with van der Waals surface area (Å²) in [6, 6.07) is 4.84. The summed E-state index contributed by atoms with van der Waals surface area (Å²) in [5.41, 5.74) is 4.69. The van der Waals surface area contributed by atoms with Crippen LogP contribution in [0, 0.1) is 0 Å². The maximum Gasteiger partial charge on any atom is 0.404 e. The van der Waals surface area contributed by atoms with E-state index in [4.69, 9.17) is 5.73 Å². The van der Waals surface area contributed by atoms with Crippen LogP contribution in [0.15, 0.2) is 28.7 Å². The maximum atomic E-state index is 12.6. The first kappa shape index (κ1) is 13.5. The summed E-state index contributed by atoms with van der Waals surface area (Å²) in [6.07, 6.45) is -4.39. The number of hydrogen-bond acceptors (Lipinski definition) is 1. The second-order valence-electron chi connectivity index (χ2n) is 4.25. The molecule has 90 valence electrons. The Bertz CT molecular complexity index is 356. The molecule has 0 radical (unpaired) electrons. The van der Waals surface area contributed by atoms with Crippen LogP contribution < -0.4 is 5.73 Å². The average Bonchev–Trinajstić information content (AvgIpc) is 2.16. The molecule has 5 heteroatoms. The highest BCUT2D eigenvalue weighted by Gasteiger charge is 2.47. The van der Waals surface area contributed by atoms with Crippen molar-refractivity contribution < 1.29 is 13.2 Å². The summed E-state index contributed by atoms with van der Waals surface area (Å²) in [5.74, 6) is 0. The van der Waals surface area contributed by atoms with Gasteiger partial charge in [0.1, 0.15) is 6.04 Å². The molecule has 0 spiro atoms. The summed E-state index contributed by atoms with van der Waals surface area (Å²) >= 11 is 3.24. The highest BCUT2D eigenvalue weighted by molar-refractivity contribution is 9.10. The van der Waals surface area contributed by atoms with Crippen molar-refractivity contribution in [2.75, 3.05) is 0 Å². The quantitative estimate of drug-likeness (QED) is 0.886. The molecule has 0 aliphatic carbocycles. The number of alkyl halides is 3. The fourth-order valence-corrected chi connectivity index (χ4v) is 1.73. The van der Waals surface area contributed by atoms with Crippen LogP contribution in [-0.4, -0.2) is 12.2 Å². The number of hydrogen-bond donors (Lipinski definition) is 1. The van der Waals surface area contributed by atoms with Gasteiger partial charge in [0.25, 0.3) is 0 Å². The van der Waals surface area contributed by atoms with Crippen molar-refractivity contribution in [2.45, 2.75) is 31.5 Å². The van der Waals surface area contributed by atoms with Gasteiger partial charge in [0.05, 0.1) is 0 Å². The van der Waals surface area contributed by atoms with Crippen molar-refractivity contribution in [3.8, 4) is 0 Å². The fraction of sp³-hybridized carbons (Fsp3) is 0.455. The minimum absolute atomic E-state index is 0.570. The van der Waals surface area contributed by atoms with Crippen LogP contribution in [0.2, 0.25) is 0 Å². The molecular weight excluding hydrogens is 283 g/mol. The molecule has 1 rings (SSSR count). The van der Waals surface area contributed by atoms with Crippen molar-refractivity contribution in [3.05, 3.63) is 34.3 Å². The van der Waals surface area contributed by atoms with E-state index in [0.29, 0.717) is 5.56 Å². The lowest BCUT2D eigenvalue weighted by molar-refractivity contribution is -0.160. The largest absolute Gasteiger partial charge is 0.404 e. The molecule has 0 fully saturated rings. The van der Waals surface area contributed by atoms with E-state index in [1.807, 2.05) is 0 Å². The highest BCUT2D eigenvalue weighted by Crippen LogP contribution is 2.35. The molecule has 1 aromatic rings. The minimum atomic E-state index is -4.39. The molecule has 1 nitrogen and oxygen atoms in total. The Kier molecular flexibility index (Phi) is 3.69. The highest BCUT2D eigenvalue weighted by atomic mass is 79.9. The van der Waals surface area contributed by atoms with Gasteiger partial charge in [-0.25, -0.2) is 0 Å². The molecule has 1 aromatic carbocycles. The average molecular weight is 296 g/mol. The van der Waals surface area contributed by atoms with E-state index in [9.17, 15) is 13.2 Å². The van der Waals surface area contributed by atoms with Gasteiger partial charge >= 0.3 is 6.18 Å². The van der Waals surface area contributed by atoms with E-state index in [0.717, 1.165) is 4.47 Å². The zero-order chi connectivity index (χ0) is 12.6. The Morgan fingerprint density at radius 2 is 1.56 bits per heavy atom. The SMILES string of the molecule is CC(C)(c1ccc(Br)cc1)C(N)C(F)(F)F. The van der Waals surface area contributed by atoms with Gasteiger partial charge in [-0.2, -0.15) is 13.2 Å². The molecule has 0 aromatic heterocycles. The Balaban J connectivity index is 3.06. The van der Waals surface area contributed by atoms with Gasteiger partial charge in [-0.15, -0.1) is 0 Å². The molecule has 0 aliphatic heterocycles. The first-order chi connectivity index (χ1) is 7.15. The van der Waals surface area contributed by atoms with Gasteiger partial charge < -0.3 is 5.73 Å². The van der Waals surface area contributed by atoms with E-state index in [2.05, 4.69) is 15.9 Å². The molecule has 0 saturated heterocycles. The van der Waals surface area contributed by atoms with E-state index < -0.39 is 17.6 Å². The zero-order valence-electron chi connectivity index (χ0n) is 8.98. The van der Waals surface area contributed by atoms with Gasteiger partial charge in [-0.05, 0) is 17.7 Å². The van der Waals surface area contributed by atoms with Gasteiger partial charge in [-0.3, -0.25) is 0 Å². The summed E-state index contributed by atoms with van der Waals surface area (Å²) in [5, 5.41) is 0. The molecular formula is C11H13BrF3N. The molecule has 0 heterocycles. The number of benzene rings is 1. The minimum Gasteiger partial charge on any atom is -0.319 e. The maximum absolute atomic E-state index is 12.6. The molecule has 0 aliphatic rings. The lowest BCUT2D eigenvalue weighted by Gasteiger charge is -2.33. The van der Waals surface area contributed by atoms with Gasteiger partial charge in [0.2, 0.25) is 0 Å². The van der Waals surface area contributed by atoms with Gasteiger partial charge in [-0.1, -0.05) is 41.9 Å². The van der Waals surface area contributed by atoms with Crippen molar-refractivity contribution in [2.24, 2.45) is 5.73 Å². The number of rotatable bonds is 2. The third kappa shape index (κ3) is 2.77. The van der Waals surface area contributed by atoms with Crippen LogP contribution in [0.3, 0.4) is 0 Å². The van der Waals surface area contributed by atoms with Gasteiger partial charge in [0.15, 0.2) is 0 Å². The Morgan fingerprint density at radius 3 is 1.94 bits per heavy atom. The van der Waals surface area contributed by atoms with Crippen LogP contribution >= 0.6 is 15.9 Å². The van der Waals surface area contributed by atoms with Crippen molar-refractivity contribution >= 4 is 15.9 Å². The third-order valence-corrected chi connectivity index (χ3v) is 3.25. The van der Waals surface area contributed by atoms with Crippen LogP contribution in [0.4, 0.5) is 13.2 Å². The standard InChI is InChI=1S/C11H13BrF3N/c1-10(2,9(16)11(13,14)15)7-3-5-8(12)6-4-7/h3-6,9H,16H2,1-2H3. The predicted molar refractivity (Wildman–Crippen MR) is 61.2 cm³/mol. The molecule has 16 heavy (non-hydrogen) atoms. The molecule has 0 amide bonds. The van der Waals surface area contributed by atoms with Crippen LogP contribution in [0.1, 0.15) is 19.4 Å². The second-order valence-corrected chi connectivity index (χ2v) is 5.16. The molecule has 2 N–H and O–H groups in total. The van der Waals surface area contributed by atoms with E-state index in [-0.39, 0.29) is 0 Å². The van der Waals surface area contributed by atoms with Crippen LogP contribution in [-0.2, 0) is 5.41 Å². The Morgan fingerprint density at radius 1 is 1.12 bits per heavy atom. The van der Waals surface area contributed by atoms with Crippen LogP contribution in [0.5, 0.6) is 0 Å². The number of nitrogens with two attached hydrogens (primary N) is 1. The Hall–Kier alpha value is -0.550. The summed E-state index contributed by atoms with van der Waals surface area (Å²) < 4.78 is 38.6. The second kappa shape index (κ2) is 4.37. The Labute approximate surface area is 101 Å². The van der Waals surface area contributed by atoms with E-state index >= 15 is 0 Å². The lowest BCUT2D eigenvalue weighted by Crippen LogP contribution is -2.51. The van der Waals surface area contributed by atoms with E-state index in [1.54, 1.807) is 24.3 Å². The summed E-state index contributed by atoms with van der Waals surface area (Å²) in [6.45, 7) is 2.99. The first-order valence-electron chi connectivity index (χ1n) is 4.74. The smallest absolute Gasteiger partial charge is 0.319 e.